The molecule has 174 valence electrons. The summed E-state index contributed by atoms with van der Waals surface area (Å²) in [5.41, 5.74) is -1.43. The van der Waals surface area contributed by atoms with E-state index in [1.165, 1.54) is 19.9 Å². The monoisotopic (exact) mass is 446 g/mol. The van der Waals surface area contributed by atoms with E-state index in [0.29, 0.717) is 11.1 Å². The Labute approximate surface area is 187 Å². The van der Waals surface area contributed by atoms with Crippen molar-refractivity contribution in [2.75, 3.05) is 6.61 Å². The van der Waals surface area contributed by atoms with E-state index in [4.69, 9.17) is 18.9 Å². The highest BCUT2D eigenvalue weighted by molar-refractivity contribution is 6.02. The maximum atomic E-state index is 12.9. The van der Waals surface area contributed by atoms with Gasteiger partial charge in [-0.1, -0.05) is 24.8 Å². The molecule has 1 aromatic carbocycles. The van der Waals surface area contributed by atoms with Crippen LogP contribution in [0.2, 0.25) is 0 Å². The van der Waals surface area contributed by atoms with Crippen molar-refractivity contribution in [3.05, 3.63) is 48.0 Å². The van der Waals surface area contributed by atoms with E-state index >= 15 is 0 Å². The fourth-order valence-corrected chi connectivity index (χ4v) is 3.17. The van der Waals surface area contributed by atoms with Crippen LogP contribution in [0.25, 0.3) is 0 Å². The molecule has 0 amide bonds. The van der Waals surface area contributed by atoms with Crippen LogP contribution in [0.5, 0.6) is 0 Å². The van der Waals surface area contributed by atoms with Crippen LogP contribution in [-0.4, -0.2) is 41.9 Å². The van der Waals surface area contributed by atoms with Crippen LogP contribution in [0.3, 0.4) is 0 Å². The Morgan fingerprint density at radius 3 is 2.12 bits per heavy atom. The van der Waals surface area contributed by atoms with Gasteiger partial charge in [0.05, 0.1) is 5.56 Å². The van der Waals surface area contributed by atoms with Crippen molar-refractivity contribution in [3.8, 4) is 0 Å². The summed E-state index contributed by atoms with van der Waals surface area (Å²) in [6.07, 6.45) is 1.02. The van der Waals surface area contributed by atoms with Gasteiger partial charge in [0.2, 0.25) is 0 Å². The zero-order chi connectivity index (χ0) is 24.2. The SMILES string of the molecule is C=CCOC(=O)CCC1(Cc2ccc(C(=O)OC(C)(C)C)cc2)C(=O)OC(C)(C)OC1=O. The molecule has 0 unspecified atom stereocenters. The second-order valence-corrected chi connectivity index (χ2v) is 9.11. The number of benzene rings is 1. The van der Waals surface area contributed by atoms with E-state index in [0.717, 1.165) is 0 Å². The van der Waals surface area contributed by atoms with Crippen LogP contribution in [-0.2, 0) is 39.8 Å². The van der Waals surface area contributed by atoms with Gasteiger partial charge in [-0.15, -0.1) is 0 Å². The predicted octanol–water partition coefficient (Wildman–Crippen LogP) is 3.52. The van der Waals surface area contributed by atoms with Crippen LogP contribution in [0.4, 0.5) is 0 Å². The molecule has 0 radical (unpaired) electrons. The Morgan fingerprint density at radius 2 is 1.62 bits per heavy atom. The lowest BCUT2D eigenvalue weighted by Crippen LogP contribution is -2.55. The first-order valence-electron chi connectivity index (χ1n) is 10.3. The van der Waals surface area contributed by atoms with Gasteiger partial charge < -0.3 is 18.9 Å². The van der Waals surface area contributed by atoms with Crippen molar-refractivity contribution in [2.45, 2.75) is 65.3 Å². The third kappa shape index (κ3) is 6.42. The third-order valence-corrected chi connectivity index (χ3v) is 4.67. The second-order valence-electron chi connectivity index (χ2n) is 9.11. The van der Waals surface area contributed by atoms with E-state index in [9.17, 15) is 19.2 Å². The molecule has 0 aromatic heterocycles. The van der Waals surface area contributed by atoms with Gasteiger partial charge in [-0.25, -0.2) is 4.79 Å². The van der Waals surface area contributed by atoms with E-state index in [1.807, 2.05) is 0 Å². The normalized spacial score (nSPS) is 17.0. The number of carbonyl (C=O) groups excluding carboxylic acids is 4. The number of hydrogen-bond donors (Lipinski definition) is 0. The highest BCUT2D eigenvalue weighted by Crippen LogP contribution is 2.39. The number of rotatable bonds is 8. The van der Waals surface area contributed by atoms with E-state index in [2.05, 4.69) is 6.58 Å². The van der Waals surface area contributed by atoms with Crippen molar-refractivity contribution in [1.29, 1.82) is 0 Å². The minimum absolute atomic E-state index is 0.0277. The van der Waals surface area contributed by atoms with Gasteiger partial charge in [-0.05, 0) is 51.3 Å². The van der Waals surface area contributed by atoms with Gasteiger partial charge >= 0.3 is 23.9 Å². The lowest BCUT2D eigenvalue weighted by molar-refractivity contribution is -0.251. The molecule has 32 heavy (non-hydrogen) atoms. The second kappa shape index (κ2) is 9.54. The quantitative estimate of drug-likeness (QED) is 0.259. The Balaban J connectivity index is 2.26. The average molecular weight is 446 g/mol. The molecular weight excluding hydrogens is 416 g/mol. The number of carbonyl (C=O) groups is 4. The molecule has 1 aliphatic rings. The molecule has 1 aliphatic heterocycles. The molecule has 1 heterocycles. The van der Waals surface area contributed by atoms with Crippen molar-refractivity contribution in [3.63, 3.8) is 0 Å². The van der Waals surface area contributed by atoms with Crippen molar-refractivity contribution < 1.29 is 38.1 Å². The summed E-state index contributed by atoms with van der Waals surface area (Å²) < 4.78 is 21.0. The first-order chi connectivity index (χ1) is 14.8. The third-order valence-electron chi connectivity index (χ3n) is 4.67. The molecular formula is C24H30O8. The molecule has 1 saturated heterocycles. The molecule has 8 nitrogen and oxygen atoms in total. The molecule has 8 heteroatoms. The van der Waals surface area contributed by atoms with Crippen molar-refractivity contribution >= 4 is 23.9 Å². The lowest BCUT2D eigenvalue weighted by Gasteiger charge is -2.40. The summed E-state index contributed by atoms with van der Waals surface area (Å²) in [5, 5.41) is 0. The molecule has 1 aromatic rings. The van der Waals surface area contributed by atoms with E-state index in [-0.39, 0.29) is 25.9 Å². The summed E-state index contributed by atoms with van der Waals surface area (Å²) in [4.78, 5) is 50.1. The minimum Gasteiger partial charge on any atom is -0.461 e. The first kappa shape index (κ1) is 25.1. The Bertz CT molecular complexity index is 870. The zero-order valence-electron chi connectivity index (χ0n) is 19.2. The Morgan fingerprint density at radius 1 is 1.06 bits per heavy atom. The topological polar surface area (TPSA) is 105 Å². The summed E-state index contributed by atoms with van der Waals surface area (Å²) in [6.45, 7) is 11.7. The average Bonchev–Trinajstić information content (AvgIpc) is 2.66. The Hall–Kier alpha value is -3.16. The fourth-order valence-electron chi connectivity index (χ4n) is 3.17. The molecule has 0 atom stereocenters. The lowest BCUT2D eigenvalue weighted by atomic mass is 9.76. The molecule has 0 saturated carbocycles. The number of ether oxygens (including phenoxy) is 4. The predicted molar refractivity (Wildman–Crippen MR) is 114 cm³/mol. The fraction of sp³-hybridized carbons (Fsp3) is 0.500. The van der Waals surface area contributed by atoms with Crippen molar-refractivity contribution in [2.24, 2.45) is 5.41 Å². The van der Waals surface area contributed by atoms with Crippen LogP contribution in [0.1, 0.15) is 63.4 Å². The van der Waals surface area contributed by atoms with Gasteiger partial charge in [0.25, 0.3) is 5.79 Å². The standard InChI is InChI=1S/C24H30O8/c1-7-14-29-18(25)12-13-24(20(27)31-23(5,6)32-21(24)28)15-16-8-10-17(11-9-16)19(26)30-22(2,3)4/h7-11H,1,12-15H2,2-6H3. The van der Waals surface area contributed by atoms with Gasteiger partial charge in [0.15, 0.2) is 5.41 Å². The van der Waals surface area contributed by atoms with Gasteiger partial charge in [0, 0.05) is 20.3 Å². The molecule has 0 aliphatic carbocycles. The minimum atomic E-state index is -1.71. The summed E-state index contributed by atoms with van der Waals surface area (Å²) >= 11 is 0. The highest BCUT2D eigenvalue weighted by Gasteiger charge is 2.56. The summed E-state index contributed by atoms with van der Waals surface area (Å²) in [6, 6.07) is 6.35. The summed E-state index contributed by atoms with van der Waals surface area (Å²) in [5.74, 6) is -4.00. The van der Waals surface area contributed by atoms with E-state index in [1.54, 1.807) is 45.0 Å². The first-order valence-corrected chi connectivity index (χ1v) is 10.3. The molecule has 2 rings (SSSR count). The largest absolute Gasteiger partial charge is 0.461 e. The summed E-state index contributed by atoms with van der Waals surface area (Å²) in [7, 11) is 0. The molecule has 1 fully saturated rings. The van der Waals surface area contributed by atoms with Crippen molar-refractivity contribution in [1.82, 2.24) is 0 Å². The van der Waals surface area contributed by atoms with E-state index < -0.39 is 40.7 Å². The molecule has 0 spiro atoms. The smallest absolute Gasteiger partial charge is 0.338 e. The van der Waals surface area contributed by atoms with Crippen LogP contribution in [0, 0.1) is 5.41 Å². The van der Waals surface area contributed by atoms with Crippen LogP contribution < -0.4 is 0 Å². The molecule has 0 bridgehead atoms. The number of cyclic esters (lactones) is 2. The van der Waals surface area contributed by atoms with Gasteiger partial charge in [0.1, 0.15) is 12.2 Å². The van der Waals surface area contributed by atoms with Crippen LogP contribution >= 0.6 is 0 Å². The van der Waals surface area contributed by atoms with Gasteiger partial charge in [-0.2, -0.15) is 0 Å². The highest BCUT2D eigenvalue weighted by atomic mass is 16.7. The zero-order valence-corrected chi connectivity index (χ0v) is 19.2. The maximum absolute atomic E-state index is 12.9. The number of hydrogen-bond acceptors (Lipinski definition) is 8. The Kier molecular flexibility index (Phi) is 7.49. The maximum Gasteiger partial charge on any atom is 0.338 e. The molecule has 0 N–H and O–H groups in total. The number of esters is 4. The van der Waals surface area contributed by atoms with Crippen LogP contribution in [0.15, 0.2) is 36.9 Å². The van der Waals surface area contributed by atoms with Gasteiger partial charge in [-0.3, -0.25) is 14.4 Å².